The number of aryl methyl sites for hydroxylation is 1. The monoisotopic (exact) mass is 343 g/mol. The predicted octanol–water partition coefficient (Wildman–Crippen LogP) is 2.17. The van der Waals surface area contributed by atoms with Crippen molar-refractivity contribution in [2.45, 2.75) is 46.0 Å². The molecule has 0 radical (unpaired) electrons. The number of quaternary nitrogens is 1. The minimum absolute atomic E-state index is 0.0703. The molecule has 0 atom stereocenters. The summed E-state index contributed by atoms with van der Waals surface area (Å²) in [4.78, 5) is 18.3. The SMILES string of the molecule is CCCC(=O)Nc1ccc2c(c1)nc(CC[NH+]1CCC(C)CC1)n2C. The van der Waals surface area contributed by atoms with Crippen LogP contribution in [0.15, 0.2) is 18.2 Å². The first-order valence-corrected chi connectivity index (χ1v) is 9.65. The molecule has 1 saturated heterocycles. The summed E-state index contributed by atoms with van der Waals surface area (Å²) in [5.41, 5.74) is 2.94. The molecular weight excluding hydrogens is 312 g/mol. The van der Waals surface area contributed by atoms with Crippen LogP contribution in [0.25, 0.3) is 11.0 Å². The van der Waals surface area contributed by atoms with Crippen molar-refractivity contribution in [2.24, 2.45) is 13.0 Å². The fourth-order valence-electron chi connectivity index (χ4n) is 3.71. The van der Waals surface area contributed by atoms with E-state index in [1.165, 1.54) is 25.9 Å². The first kappa shape index (κ1) is 17.9. The zero-order valence-corrected chi connectivity index (χ0v) is 15.8. The van der Waals surface area contributed by atoms with E-state index >= 15 is 0 Å². The van der Waals surface area contributed by atoms with Gasteiger partial charge < -0.3 is 14.8 Å². The fraction of sp³-hybridized carbons (Fsp3) is 0.600. The lowest BCUT2D eigenvalue weighted by molar-refractivity contribution is -0.906. The summed E-state index contributed by atoms with van der Waals surface area (Å²) in [6.45, 7) is 8.11. The molecule has 3 rings (SSSR count). The van der Waals surface area contributed by atoms with Crippen molar-refractivity contribution in [1.82, 2.24) is 9.55 Å². The van der Waals surface area contributed by atoms with Crippen molar-refractivity contribution < 1.29 is 9.69 Å². The second-order valence-electron chi connectivity index (χ2n) is 7.52. The summed E-state index contributed by atoms with van der Waals surface area (Å²) in [5.74, 6) is 2.10. The molecule has 1 fully saturated rings. The van der Waals surface area contributed by atoms with Gasteiger partial charge in [-0.3, -0.25) is 4.79 Å². The topological polar surface area (TPSA) is 51.4 Å². The largest absolute Gasteiger partial charge is 0.335 e. The van der Waals surface area contributed by atoms with Gasteiger partial charge in [0.05, 0.1) is 37.1 Å². The first-order valence-electron chi connectivity index (χ1n) is 9.65. The third kappa shape index (κ3) is 4.40. The average Bonchev–Trinajstić information content (AvgIpc) is 2.90. The van der Waals surface area contributed by atoms with Gasteiger partial charge in [0.25, 0.3) is 0 Å². The van der Waals surface area contributed by atoms with E-state index in [1.54, 1.807) is 4.90 Å². The number of nitrogens with one attached hydrogen (secondary N) is 2. The maximum absolute atomic E-state index is 11.8. The molecule has 2 aromatic rings. The van der Waals surface area contributed by atoms with Gasteiger partial charge in [-0.15, -0.1) is 0 Å². The number of nitrogens with zero attached hydrogens (tertiary/aromatic N) is 2. The summed E-state index contributed by atoms with van der Waals surface area (Å²) in [6, 6.07) is 6.02. The molecule has 5 heteroatoms. The van der Waals surface area contributed by atoms with Crippen LogP contribution < -0.4 is 10.2 Å². The quantitative estimate of drug-likeness (QED) is 0.845. The molecule has 0 saturated carbocycles. The van der Waals surface area contributed by atoms with E-state index in [9.17, 15) is 4.79 Å². The Balaban J connectivity index is 1.67. The first-order chi connectivity index (χ1) is 12.1. The second kappa shape index (κ2) is 8.00. The van der Waals surface area contributed by atoms with Gasteiger partial charge in [-0.2, -0.15) is 0 Å². The molecule has 0 spiro atoms. The summed E-state index contributed by atoms with van der Waals surface area (Å²) < 4.78 is 2.19. The second-order valence-corrected chi connectivity index (χ2v) is 7.52. The number of aromatic nitrogens is 2. The number of hydrogen-bond donors (Lipinski definition) is 2. The normalized spacial score (nSPS) is 20.8. The van der Waals surface area contributed by atoms with Crippen LogP contribution in [0.1, 0.15) is 45.4 Å². The number of fused-ring (bicyclic) bond motifs is 1. The molecule has 1 amide bonds. The molecule has 2 N–H and O–H groups in total. The predicted molar refractivity (Wildman–Crippen MR) is 102 cm³/mol. The number of imidazole rings is 1. The van der Waals surface area contributed by atoms with Gasteiger partial charge in [0.15, 0.2) is 0 Å². The molecule has 5 nitrogen and oxygen atoms in total. The van der Waals surface area contributed by atoms with Crippen molar-refractivity contribution in [1.29, 1.82) is 0 Å². The van der Waals surface area contributed by atoms with Gasteiger partial charge >= 0.3 is 0 Å². The van der Waals surface area contributed by atoms with E-state index < -0.39 is 0 Å². The minimum Gasteiger partial charge on any atom is -0.335 e. The van der Waals surface area contributed by atoms with Crippen molar-refractivity contribution >= 4 is 22.6 Å². The zero-order chi connectivity index (χ0) is 17.8. The van der Waals surface area contributed by atoms with Gasteiger partial charge in [-0.05, 0) is 43.4 Å². The Morgan fingerprint density at radius 2 is 2.12 bits per heavy atom. The minimum atomic E-state index is 0.0703. The molecule has 0 unspecified atom stereocenters. The fourth-order valence-corrected chi connectivity index (χ4v) is 3.71. The number of amides is 1. The highest BCUT2D eigenvalue weighted by Gasteiger charge is 2.19. The highest BCUT2D eigenvalue weighted by molar-refractivity contribution is 5.93. The third-order valence-electron chi connectivity index (χ3n) is 5.42. The lowest BCUT2D eigenvalue weighted by atomic mass is 9.99. The zero-order valence-electron chi connectivity index (χ0n) is 15.8. The van der Waals surface area contributed by atoms with E-state index in [1.807, 2.05) is 19.1 Å². The van der Waals surface area contributed by atoms with Crippen LogP contribution in [0.3, 0.4) is 0 Å². The summed E-state index contributed by atoms with van der Waals surface area (Å²) >= 11 is 0. The van der Waals surface area contributed by atoms with Crippen molar-refractivity contribution in [3.63, 3.8) is 0 Å². The van der Waals surface area contributed by atoms with E-state index in [0.29, 0.717) is 6.42 Å². The van der Waals surface area contributed by atoms with Crippen LogP contribution in [-0.4, -0.2) is 35.1 Å². The number of hydrogen-bond acceptors (Lipinski definition) is 2. The third-order valence-corrected chi connectivity index (χ3v) is 5.42. The van der Waals surface area contributed by atoms with Crippen LogP contribution in [0.4, 0.5) is 5.69 Å². The highest BCUT2D eigenvalue weighted by Crippen LogP contribution is 2.20. The number of carbonyl (C=O) groups excluding carboxylic acids is 1. The van der Waals surface area contributed by atoms with Gasteiger partial charge in [0.2, 0.25) is 5.91 Å². The van der Waals surface area contributed by atoms with Gasteiger partial charge in [0.1, 0.15) is 5.82 Å². The number of benzene rings is 1. The Labute approximate surface area is 150 Å². The lowest BCUT2D eigenvalue weighted by Gasteiger charge is -2.27. The standard InChI is InChI=1S/C20H30N4O/c1-4-5-20(25)21-16-6-7-18-17(14-16)22-19(23(18)3)10-13-24-11-8-15(2)9-12-24/h6-7,14-15H,4-5,8-13H2,1-3H3,(H,21,25)/p+1. The van der Waals surface area contributed by atoms with E-state index in [4.69, 9.17) is 4.98 Å². The van der Waals surface area contributed by atoms with Gasteiger partial charge in [-0.1, -0.05) is 13.8 Å². The maximum atomic E-state index is 11.8. The lowest BCUT2D eigenvalue weighted by Crippen LogP contribution is -3.13. The number of likely N-dealkylation sites (tertiary alicyclic amines) is 1. The van der Waals surface area contributed by atoms with Crippen LogP contribution in [-0.2, 0) is 18.3 Å². The molecule has 25 heavy (non-hydrogen) atoms. The van der Waals surface area contributed by atoms with Crippen molar-refractivity contribution in [3.05, 3.63) is 24.0 Å². The van der Waals surface area contributed by atoms with Crippen LogP contribution in [0, 0.1) is 5.92 Å². The number of anilines is 1. The van der Waals surface area contributed by atoms with Crippen molar-refractivity contribution in [2.75, 3.05) is 25.0 Å². The molecule has 1 aromatic carbocycles. The maximum Gasteiger partial charge on any atom is 0.224 e. The smallest absolute Gasteiger partial charge is 0.224 e. The highest BCUT2D eigenvalue weighted by atomic mass is 16.1. The van der Waals surface area contributed by atoms with E-state index in [-0.39, 0.29) is 5.91 Å². The molecular formula is C20H31N4O+. The Morgan fingerprint density at radius 3 is 2.84 bits per heavy atom. The summed E-state index contributed by atoms with van der Waals surface area (Å²) in [5, 5.41) is 2.96. The summed E-state index contributed by atoms with van der Waals surface area (Å²) in [6.07, 6.45) is 5.12. The van der Waals surface area contributed by atoms with Crippen LogP contribution >= 0.6 is 0 Å². The Morgan fingerprint density at radius 1 is 1.36 bits per heavy atom. The Hall–Kier alpha value is -1.88. The molecule has 1 aliphatic heterocycles. The molecule has 0 bridgehead atoms. The average molecular weight is 343 g/mol. The molecule has 1 aromatic heterocycles. The number of piperidine rings is 1. The molecule has 136 valence electrons. The molecule has 2 heterocycles. The molecule has 1 aliphatic rings. The number of rotatable bonds is 6. The van der Waals surface area contributed by atoms with Gasteiger partial charge in [0, 0.05) is 19.2 Å². The molecule has 0 aliphatic carbocycles. The Bertz CT molecular complexity index is 729. The van der Waals surface area contributed by atoms with E-state index in [2.05, 4.69) is 29.9 Å². The van der Waals surface area contributed by atoms with Crippen LogP contribution in [0.2, 0.25) is 0 Å². The van der Waals surface area contributed by atoms with Gasteiger partial charge in [-0.25, -0.2) is 4.98 Å². The number of carbonyl (C=O) groups is 1. The van der Waals surface area contributed by atoms with Crippen molar-refractivity contribution in [3.8, 4) is 0 Å². The summed E-state index contributed by atoms with van der Waals surface area (Å²) in [7, 11) is 2.09. The van der Waals surface area contributed by atoms with Crippen LogP contribution in [0.5, 0.6) is 0 Å². The van der Waals surface area contributed by atoms with E-state index in [0.717, 1.165) is 47.8 Å². The Kier molecular flexibility index (Phi) is 5.74.